The fourth-order valence-corrected chi connectivity index (χ4v) is 3.38. The summed E-state index contributed by atoms with van der Waals surface area (Å²) < 4.78 is 30.8. The first-order valence-corrected chi connectivity index (χ1v) is 8.11. The Hall–Kier alpha value is -2.68. The maximum absolute atomic E-state index is 14.0. The first-order valence-electron chi connectivity index (χ1n) is 7.29. The van der Waals surface area contributed by atoms with Gasteiger partial charge in [-0.25, -0.2) is 8.78 Å². The first-order chi connectivity index (χ1) is 11.6. The molecule has 0 fully saturated rings. The number of rotatable bonds is 3. The van der Waals surface area contributed by atoms with E-state index in [9.17, 15) is 8.78 Å². The summed E-state index contributed by atoms with van der Waals surface area (Å²) in [6.07, 6.45) is 0. The monoisotopic (exact) mass is 346 g/mol. The van der Waals surface area contributed by atoms with Crippen LogP contribution in [0.2, 0.25) is 0 Å². The van der Waals surface area contributed by atoms with Gasteiger partial charge in [0.25, 0.3) is 0 Å². The summed E-state index contributed by atoms with van der Waals surface area (Å²) in [5.74, 6) is -0.947. The van der Waals surface area contributed by atoms with Gasteiger partial charge in [0.05, 0.1) is 17.0 Å². The van der Waals surface area contributed by atoms with E-state index in [4.69, 9.17) is 0 Å². The lowest BCUT2D eigenvalue weighted by Gasteiger charge is -2.01. The van der Waals surface area contributed by atoms with Crippen LogP contribution in [-0.2, 0) is 6.54 Å². The van der Waals surface area contributed by atoms with E-state index in [1.54, 1.807) is 0 Å². The van der Waals surface area contributed by atoms with Crippen LogP contribution in [0.25, 0.3) is 27.1 Å². The molecule has 0 radical (unpaired) electrons. The fourth-order valence-electron chi connectivity index (χ4n) is 2.52. The molecule has 0 saturated heterocycles. The SMILES string of the molecule is CCn1nc(C)cc1-c1nn2c(-c3cc(F)ccc3F)nnc2s1. The molecule has 4 rings (SSSR count). The molecule has 0 aliphatic carbocycles. The molecule has 3 aromatic heterocycles. The van der Waals surface area contributed by atoms with E-state index in [2.05, 4.69) is 20.4 Å². The topological polar surface area (TPSA) is 60.9 Å². The molecule has 9 heteroatoms. The van der Waals surface area contributed by atoms with Gasteiger partial charge < -0.3 is 0 Å². The molecule has 0 N–H and O–H groups in total. The summed E-state index contributed by atoms with van der Waals surface area (Å²) in [4.78, 5) is 0.505. The van der Waals surface area contributed by atoms with Gasteiger partial charge in [-0.2, -0.15) is 14.7 Å². The van der Waals surface area contributed by atoms with Crippen molar-refractivity contribution in [2.24, 2.45) is 0 Å². The van der Waals surface area contributed by atoms with Crippen LogP contribution in [0.5, 0.6) is 0 Å². The summed E-state index contributed by atoms with van der Waals surface area (Å²) in [5.41, 5.74) is 1.77. The number of aryl methyl sites for hydroxylation is 2. The third-order valence-corrected chi connectivity index (χ3v) is 4.50. The van der Waals surface area contributed by atoms with Crippen LogP contribution in [-0.4, -0.2) is 29.6 Å². The number of fused-ring (bicyclic) bond motifs is 1. The standard InChI is InChI=1S/C15H12F2N6S/c1-3-22-12(6-8(2)20-22)14-21-23-13(18-19-15(23)24-14)10-7-9(16)4-5-11(10)17/h4-7H,3H2,1-2H3. The Morgan fingerprint density at radius 1 is 1.12 bits per heavy atom. The van der Waals surface area contributed by atoms with Crippen molar-refractivity contribution < 1.29 is 8.78 Å². The Morgan fingerprint density at radius 2 is 1.96 bits per heavy atom. The van der Waals surface area contributed by atoms with Crippen molar-refractivity contribution >= 4 is 16.3 Å². The number of hydrogen-bond acceptors (Lipinski definition) is 5. The van der Waals surface area contributed by atoms with Gasteiger partial charge in [-0.05, 0) is 38.1 Å². The number of nitrogens with zero attached hydrogens (tertiary/aromatic N) is 6. The Labute approximate surface area is 139 Å². The zero-order valence-corrected chi connectivity index (χ0v) is 13.7. The predicted octanol–water partition coefficient (Wildman–Crippen LogP) is 3.32. The molecule has 0 aliphatic heterocycles. The van der Waals surface area contributed by atoms with Gasteiger partial charge >= 0.3 is 0 Å². The summed E-state index contributed by atoms with van der Waals surface area (Å²) in [6.45, 7) is 4.60. The third kappa shape index (κ3) is 2.28. The molecule has 24 heavy (non-hydrogen) atoms. The average molecular weight is 346 g/mol. The highest BCUT2D eigenvalue weighted by molar-refractivity contribution is 7.19. The summed E-state index contributed by atoms with van der Waals surface area (Å²) in [6, 6.07) is 5.14. The third-order valence-electron chi connectivity index (χ3n) is 3.58. The molecule has 6 nitrogen and oxygen atoms in total. The number of benzene rings is 1. The minimum atomic E-state index is -0.574. The molecule has 1 aromatic carbocycles. The lowest BCUT2D eigenvalue weighted by atomic mass is 10.2. The van der Waals surface area contributed by atoms with E-state index in [-0.39, 0.29) is 11.4 Å². The van der Waals surface area contributed by atoms with Crippen LogP contribution in [0.3, 0.4) is 0 Å². The summed E-state index contributed by atoms with van der Waals surface area (Å²) >= 11 is 1.32. The van der Waals surface area contributed by atoms with Crippen molar-refractivity contribution in [3.63, 3.8) is 0 Å². The van der Waals surface area contributed by atoms with Gasteiger partial charge in [-0.1, -0.05) is 11.3 Å². The van der Waals surface area contributed by atoms with Crippen LogP contribution in [0.1, 0.15) is 12.6 Å². The molecule has 4 aromatic rings. The zero-order valence-electron chi connectivity index (χ0n) is 12.9. The predicted molar refractivity (Wildman–Crippen MR) is 85.6 cm³/mol. The van der Waals surface area contributed by atoms with Crippen LogP contribution in [0, 0.1) is 18.6 Å². The largest absolute Gasteiger partial charge is 0.262 e. The Morgan fingerprint density at radius 3 is 2.75 bits per heavy atom. The second-order valence-corrected chi connectivity index (χ2v) is 6.19. The van der Waals surface area contributed by atoms with E-state index in [0.29, 0.717) is 16.5 Å². The lowest BCUT2D eigenvalue weighted by Crippen LogP contribution is -2.00. The maximum atomic E-state index is 14.0. The Bertz CT molecular complexity index is 1050. The van der Waals surface area contributed by atoms with E-state index in [1.165, 1.54) is 15.9 Å². The highest BCUT2D eigenvalue weighted by Gasteiger charge is 2.19. The molecular formula is C15H12F2N6S. The molecular weight excluding hydrogens is 334 g/mol. The van der Waals surface area contributed by atoms with E-state index < -0.39 is 11.6 Å². The van der Waals surface area contributed by atoms with E-state index in [0.717, 1.165) is 29.6 Å². The van der Waals surface area contributed by atoms with Crippen molar-refractivity contribution in [3.8, 4) is 22.1 Å². The average Bonchev–Trinajstić information content (AvgIpc) is 3.22. The quantitative estimate of drug-likeness (QED) is 0.571. The number of halogens is 2. The van der Waals surface area contributed by atoms with Crippen molar-refractivity contribution in [3.05, 3.63) is 41.6 Å². The minimum absolute atomic E-state index is 0.0273. The van der Waals surface area contributed by atoms with Crippen molar-refractivity contribution in [1.29, 1.82) is 0 Å². The fraction of sp³-hybridized carbons (Fsp3) is 0.200. The summed E-state index contributed by atoms with van der Waals surface area (Å²) in [7, 11) is 0. The molecule has 0 aliphatic rings. The molecule has 0 amide bonds. The van der Waals surface area contributed by atoms with Crippen LogP contribution in [0.4, 0.5) is 8.78 Å². The van der Waals surface area contributed by atoms with E-state index >= 15 is 0 Å². The molecule has 0 atom stereocenters. The highest BCUT2D eigenvalue weighted by atomic mass is 32.1. The van der Waals surface area contributed by atoms with E-state index in [1.807, 2.05) is 24.6 Å². The Balaban J connectivity index is 1.89. The van der Waals surface area contributed by atoms with Crippen molar-refractivity contribution in [2.45, 2.75) is 20.4 Å². The first kappa shape index (κ1) is 14.9. The smallest absolute Gasteiger partial charge is 0.235 e. The molecule has 0 unspecified atom stereocenters. The maximum Gasteiger partial charge on any atom is 0.235 e. The summed E-state index contributed by atoms with van der Waals surface area (Å²) in [5, 5.41) is 17.5. The normalized spacial score (nSPS) is 11.5. The molecule has 0 bridgehead atoms. The van der Waals surface area contributed by atoms with Gasteiger partial charge in [0, 0.05) is 6.54 Å². The van der Waals surface area contributed by atoms with Gasteiger partial charge in [-0.3, -0.25) is 4.68 Å². The van der Waals surface area contributed by atoms with Gasteiger partial charge in [0.15, 0.2) is 10.8 Å². The van der Waals surface area contributed by atoms with Crippen molar-refractivity contribution in [1.82, 2.24) is 29.6 Å². The second-order valence-electron chi connectivity index (χ2n) is 5.24. The van der Waals surface area contributed by atoms with Crippen LogP contribution >= 0.6 is 11.3 Å². The molecule has 122 valence electrons. The second kappa shape index (κ2) is 5.45. The van der Waals surface area contributed by atoms with Gasteiger partial charge in [0.2, 0.25) is 4.96 Å². The zero-order chi connectivity index (χ0) is 16.8. The van der Waals surface area contributed by atoms with Gasteiger partial charge in [0.1, 0.15) is 11.6 Å². The van der Waals surface area contributed by atoms with Crippen LogP contribution in [0.15, 0.2) is 24.3 Å². The lowest BCUT2D eigenvalue weighted by molar-refractivity contribution is 0.601. The van der Waals surface area contributed by atoms with Gasteiger partial charge in [-0.15, -0.1) is 10.2 Å². The minimum Gasteiger partial charge on any atom is -0.262 e. The molecule has 3 heterocycles. The van der Waals surface area contributed by atoms with Crippen LogP contribution < -0.4 is 0 Å². The molecule has 0 spiro atoms. The number of aromatic nitrogens is 6. The Kier molecular flexibility index (Phi) is 3.38. The number of hydrogen-bond donors (Lipinski definition) is 0. The highest BCUT2D eigenvalue weighted by Crippen LogP contribution is 2.29. The molecule has 0 saturated carbocycles. The van der Waals surface area contributed by atoms with Crippen molar-refractivity contribution in [2.75, 3.05) is 0 Å².